The highest BCUT2D eigenvalue weighted by molar-refractivity contribution is 5.36. The summed E-state index contributed by atoms with van der Waals surface area (Å²) >= 11 is 0. The third-order valence-corrected chi connectivity index (χ3v) is 3.10. The van der Waals surface area contributed by atoms with Crippen molar-refractivity contribution < 1.29 is 0 Å². The van der Waals surface area contributed by atoms with Crippen molar-refractivity contribution in [3.05, 3.63) is 64.5 Å². The van der Waals surface area contributed by atoms with E-state index in [2.05, 4.69) is 55.3 Å². The quantitative estimate of drug-likeness (QED) is 0.890. The minimum absolute atomic E-state index is 0.205. The molecule has 1 unspecified atom stereocenters. The molecule has 18 heavy (non-hydrogen) atoms. The molecule has 0 saturated heterocycles. The Balaban J connectivity index is 2.45. The van der Waals surface area contributed by atoms with Crippen LogP contribution in [0.4, 0.5) is 0 Å². The second kappa shape index (κ2) is 5.32. The summed E-state index contributed by atoms with van der Waals surface area (Å²) in [5, 5.41) is 3.38. The van der Waals surface area contributed by atoms with E-state index in [0.29, 0.717) is 0 Å². The Labute approximate surface area is 109 Å². The van der Waals surface area contributed by atoms with Crippen molar-refractivity contribution >= 4 is 0 Å². The molecule has 2 aromatic rings. The topological polar surface area (TPSA) is 24.9 Å². The number of hydrogen-bond acceptors (Lipinski definition) is 2. The molecule has 0 aliphatic carbocycles. The molecule has 0 aliphatic heterocycles. The van der Waals surface area contributed by atoms with Gasteiger partial charge < -0.3 is 5.32 Å². The second-order valence-corrected chi connectivity index (χ2v) is 4.94. The molecular weight excluding hydrogens is 220 g/mol. The number of nitrogens with one attached hydrogen (secondary N) is 1. The largest absolute Gasteiger partial charge is 0.309 e. The first-order valence-electron chi connectivity index (χ1n) is 6.27. The predicted octanol–water partition coefficient (Wildman–Crippen LogP) is 3.32. The lowest BCUT2D eigenvalue weighted by atomic mass is 9.96. The molecule has 2 rings (SSSR count). The monoisotopic (exact) mass is 240 g/mol. The molecule has 1 heterocycles. The summed E-state index contributed by atoms with van der Waals surface area (Å²) in [6.07, 6.45) is 3.82. The molecule has 0 radical (unpaired) electrons. The summed E-state index contributed by atoms with van der Waals surface area (Å²) in [7, 11) is 1.99. The van der Waals surface area contributed by atoms with E-state index in [1.807, 2.05) is 19.4 Å². The zero-order valence-electron chi connectivity index (χ0n) is 11.5. The number of nitrogens with zero attached hydrogens (tertiary/aromatic N) is 1. The number of aryl methyl sites for hydroxylation is 3. The van der Waals surface area contributed by atoms with Crippen LogP contribution in [-0.4, -0.2) is 12.0 Å². The van der Waals surface area contributed by atoms with Gasteiger partial charge >= 0.3 is 0 Å². The highest BCUT2D eigenvalue weighted by Gasteiger charge is 2.13. The molecule has 0 saturated carbocycles. The fourth-order valence-electron chi connectivity index (χ4n) is 2.44. The van der Waals surface area contributed by atoms with Crippen LogP contribution in [0, 0.1) is 20.8 Å². The molecular formula is C16H20N2. The van der Waals surface area contributed by atoms with Crippen LogP contribution in [0.2, 0.25) is 0 Å². The van der Waals surface area contributed by atoms with Crippen molar-refractivity contribution in [1.82, 2.24) is 10.3 Å². The van der Waals surface area contributed by atoms with Crippen molar-refractivity contribution in [1.29, 1.82) is 0 Å². The number of rotatable bonds is 3. The Bertz CT molecular complexity index is 526. The Morgan fingerprint density at radius 3 is 2.00 bits per heavy atom. The summed E-state index contributed by atoms with van der Waals surface area (Å²) in [4.78, 5) is 4.28. The predicted molar refractivity (Wildman–Crippen MR) is 75.8 cm³/mol. The molecule has 1 aromatic heterocycles. The van der Waals surface area contributed by atoms with E-state index in [9.17, 15) is 0 Å². The van der Waals surface area contributed by atoms with E-state index in [0.717, 1.165) is 0 Å². The summed E-state index contributed by atoms with van der Waals surface area (Å²) < 4.78 is 0. The van der Waals surface area contributed by atoms with Crippen LogP contribution in [0.5, 0.6) is 0 Å². The lowest BCUT2D eigenvalue weighted by Gasteiger charge is -2.18. The summed E-state index contributed by atoms with van der Waals surface area (Å²) in [5.41, 5.74) is 6.29. The average Bonchev–Trinajstić information content (AvgIpc) is 2.28. The van der Waals surface area contributed by atoms with Gasteiger partial charge in [-0.25, -0.2) is 0 Å². The molecule has 2 heteroatoms. The van der Waals surface area contributed by atoms with Gasteiger partial charge in [-0.1, -0.05) is 35.4 Å². The molecule has 94 valence electrons. The first kappa shape index (κ1) is 12.8. The molecule has 1 atom stereocenters. The van der Waals surface area contributed by atoms with E-state index in [4.69, 9.17) is 0 Å². The highest BCUT2D eigenvalue weighted by Crippen LogP contribution is 2.23. The molecule has 2 nitrogen and oxygen atoms in total. The fourth-order valence-corrected chi connectivity index (χ4v) is 2.44. The normalized spacial score (nSPS) is 12.4. The van der Waals surface area contributed by atoms with Gasteiger partial charge in [0.1, 0.15) is 0 Å². The van der Waals surface area contributed by atoms with E-state index >= 15 is 0 Å². The van der Waals surface area contributed by atoms with Crippen molar-refractivity contribution in [3.63, 3.8) is 0 Å². The van der Waals surface area contributed by atoms with E-state index in [1.54, 1.807) is 0 Å². The molecule has 0 amide bonds. The molecule has 0 bridgehead atoms. The number of benzene rings is 1. The molecule has 0 aliphatic rings. The van der Waals surface area contributed by atoms with Crippen LogP contribution < -0.4 is 5.32 Å². The minimum atomic E-state index is 0.205. The van der Waals surface area contributed by atoms with Gasteiger partial charge in [-0.2, -0.15) is 0 Å². The smallest absolute Gasteiger partial charge is 0.0589 e. The van der Waals surface area contributed by atoms with Crippen molar-refractivity contribution in [2.45, 2.75) is 26.8 Å². The van der Waals surface area contributed by atoms with E-state index in [1.165, 1.54) is 27.8 Å². The maximum Gasteiger partial charge on any atom is 0.0589 e. The number of aromatic nitrogens is 1. The Morgan fingerprint density at radius 1 is 0.833 bits per heavy atom. The van der Waals surface area contributed by atoms with Crippen LogP contribution in [0.1, 0.15) is 33.9 Å². The molecule has 0 spiro atoms. The van der Waals surface area contributed by atoms with Crippen LogP contribution in [0.3, 0.4) is 0 Å². The van der Waals surface area contributed by atoms with Gasteiger partial charge in [-0.15, -0.1) is 0 Å². The lowest BCUT2D eigenvalue weighted by molar-refractivity contribution is 0.687. The Hall–Kier alpha value is -1.67. The third-order valence-electron chi connectivity index (χ3n) is 3.10. The molecule has 1 N–H and O–H groups in total. The van der Waals surface area contributed by atoms with Crippen LogP contribution >= 0.6 is 0 Å². The zero-order valence-corrected chi connectivity index (χ0v) is 11.5. The molecule has 1 aromatic carbocycles. The van der Waals surface area contributed by atoms with E-state index in [-0.39, 0.29) is 6.04 Å². The van der Waals surface area contributed by atoms with Gasteiger partial charge in [0.15, 0.2) is 0 Å². The van der Waals surface area contributed by atoms with Crippen LogP contribution in [-0.2, 0) is 0 Å². The molecule has 0 fully saturated rings. The lowest BCUT2D eigenvalue weighted by Crippen LogP contribution is -2.18. The van der Waals surface area contributed by atoms with Crippen LogP contribution in [0.15, 0.2) is 36.7 Å². The fraction of sp³-hybridized carbons (Fsp3) is 0.312. The second-order valence-electron chi connectivity index (χ2n) is 4.94. The number of pyridine rings is 1. The van der Waals surface area contributed by atoms with Gasteiger partial charge in [-0.3, -0.25) is 4.98 Å². The number of hydrogen-bond donors (Lipinski definition) is 1. The standard InChI is InChI=1S/C16H20N2/c1-11-5-12(2)7-14(6-11)16(17-4)15-8-13(3)9-18-10-15/h5-10,16-17H,1-4H3. The van der Waals surface area contributed by atoms with Crippen LogP contribution in [0.25, 0.3) is 0 Å². The summed E-state index contributed by atoms with van der Waals surface area (Å²) in [5.74, 6) is 0. The van der Waals surface area contributed by atoms with Gasteiger partial charge in [0, 0.05) is 12.4 Å². The summed E-state index contributed by atoms with van der Waals surface area (Å²) in [6, 6.07) is 9.06. The van der Waals surface area contributed by atoms with E-state index < -0.39 is 0 Å². The highest BCUT2D eigenvalue weighted by atomic mass is 14.9. The van der Waals surface area contributed by atoms with Gasteiger partial charge in [0.05, 0.1) is 6.04 Å². The zero-order chi connectivity index (χ0) is 13.1. The third kappa shape index (κ3) is 2.77. The van der Waals surface area contributed by atoms with Gasteiger partial charge in [-0.05, 0) is 44.5 Å². The van der Waals surface area contributed by atoms with Crippen molar-refractivity contribution in [2.24, 2.45) is 0 Å². The van der Waals surface area contributed by atoms with Gasteiger partial charge in [0.25, 0.3) is 0 Å². The Morgan fingerprint density at radius 2 is 1.44 bits per heavy atom. The Kier molecular flexibility index (Phi) is 3.78. The van der Waals surface area contributed by atoms with Gasteiger partial charge in [0.2, 0.25) is 0 Å². The van der Waals surface area contributed by atoms with Crippen molar-refractivity contribution in [2.75, 3.05) is 7.05 Å². The SMILES string of the molecule is CNC(c1cncc(C)c1)c1cc(C)cc(C)c1. The maximum absolute atomic E-state index is 4.28. The van der Waals surface area contributed by atoms with Crippen molar-refractivity contribution in [3.8, 4) is 0 Å². The first-order valence-corrected chi connectivity index (χ1v) is 6.27. The minimum Gasteiger partial charge on any atom is -0.309 e. The summed E-state index contributed by atoms with van der Waals surface area (Å²) in [6.45, 7) is 6.35. The first-order chi connectivity index (χ1) is 8.60. The average molecular weight is 240 g/mol. The maximum atomic E-state index is 4.28.